The molecule has 0 bridgehead atoms. The number of likely N-dealkylation sites (tertiary alicyclic amines) is 1. The summed E-state index contributed by atoms with van der Waals surface area (Å²) in [4.78, 5) is 5.88. The molecule has 0 N–H and O–H groups in total. The second kappa shape index (κ2) is 6.48. The number of nitrogens with zero attached hydrogens (tertiary/aromatic N) is 2. The minimum atomic E-state index is -5.02. The monoisotopic (exact) mass is 287 g/mol. The van der Waals surface area contributed by atoms with Crippen LogP contribution in [0.25, 0.3) is 0 Å². The standard InChI is InChI=1S/C13H19BF3N2O/c1-19-6-3-2-4-12(19)5-7-20-13-8-11(9-18-10-13)14(15,16)17/h8-10,12H,2-7H2,1H3/q-1. The molecule has 1 aliphatic rings. The number of hydrogen-bond acceptors (Lipinski definition) is 3. The Kier molecular flexibility index (Phi) is 4.91. The first-order valence-corrected chi connectivity index (χ1v) is 6.95. The number of ether oxygens (including phenoxy) is 1. The van der Waals surface area contributed by atoms with Crippen LogP contribution in [-0.2, 0) is 0 Å². The highest BCUT2D eigenvalue weighted by atomic mass is 19.4. The van der Waals surface area contributed by atoms with Gasteiger partial charge in [0.1, 0.15) is 5.75 Å². The molecule has 112 valence electrons. The van der Waals surface area contributed by atoms with Gasteiger partial charge in [0.05, 0.1) is 12.8 Å². The molecule has 20 heavy (non-hydrogen) atoms. The minimum absolute atomic E-state index is 0.195. The van der Waals surface area contributed by atoms with Crippen LogP contribution in [0, 0.1) is 0 Å². The number of halogens is 3. The fraction of sp³-hybridized carbons (Fsp3) is 0.615. The molecule has 1 aromatic heterocycles. The van der Waals surface area contributed by atoms with Gasteiger partial charge in [-0.05, 0) is 38.9 Å². The van der Waals surface area contributed by atoms with Crippen LogP contribution < -0.4 is 10.2 Å². The van der Waals surface area contributed by atoms with Crippen LogP contribution in [0.4, 0.5) is 12.9 Å². The SMILES string of the molecule is CN1CCCCC1CCOc1cncc([B-](F)(F)F)c1. The van der Waals surface area contributed by atoms with Crippen LogP contribution in [0.1, 0.15) is 25.7 Å². The Balaban J connectivity index is 1.85. The molecule has 0 saturated carbocycles. The third-order valence-corrected chi connectivity index (χ3v) is 3.75. The first-order valence-electron chi connectivity index (χ1n) is 6.95. The molecule has 1 fully saturated rings. The van der Waals surface area contributed by atoms with Gasteiger partial charge in [-0.15, -0.1) is 0 Å². The van der Waals surface area contributed by atoms with Crippen molar-refractivity contribution in [1.82, 2.24) is 9.88 Å². The van der Waals surface area contributed by atoms with Gasteiger partial charge in [-0.25, -0.2) is 0 Å². The molecule has 1 aromatic rings. The van der Waals surface area contributed by atoms with Crippen LogP contribution in [-0.4, -0.2) is 43.1 Å². The molecule has 0 radical (unpaired) electrons. The molecule has 1 saturated heterocycles. The van der Waals surface area contributed by atoms with Gasteiger partial charge in [0.2, 0.25) is 0 Å². The summed E-state index contributed by atoms with van der Waals surface area (Å²) in [6.45, 7) is -3.51. The average Bonchev–Trinajstić information content (AvgIpc) is 2.40. The molecule has 1 aliphatic heterocycles. The maximum Gasteiger partial charge on any atom is 0.511 e. The zero-order chi connectivity index (χ0) is 14.6. The lowest BCUT2D eigenvalue weighted by molar-refractivity contribution is 0.153. The third-order valence-electron chi connectivity index (χ3n) is 3.75. The Bertz CT molecular complexity index is 442. The molecule has 0 spiro atoms. The van der Waals surface area contributed by atoms with Crippen molar-refractivity contribution in [3.63, 3.8) is 0 Å². The third kappa shape index (κ3) is 4.13. The lowest BCUT2D eigenvalue weighted by Crippen LogP contribution is -2.37. The number of rotatable bonds is 5. The van der Waals surface area contributed by atoms with Gasteiger partial charge in [0, 0.05) is 12.2 Å². The van der Waals surface area contributed by atoms with Crippen molar-refractivity contribution < 1.29 is 17.7 Å². The number of aromatic nitrogens is 1. The van der Waals surface area contributed by atoms with E-state index in [9.17, 15) is 12.9 Å². The predicted molar refractivity (Wildman–Crippen MR) is 73.3 cm³/mol. The fourth-order valence-corrected chi connectivity index (χ4v) is 2.52. The lowest BCUT2D eigenvalue weighted by Gasteiger charge is -2.32. The average molecular weight is 287 g/mol. The summed E-state index contributed by atoms with van der Waals surface area (Å²) in [6.07, 6.45) is 6.55. The number of piperidine rings is 1. The Morgan fingerprint density at radius 1 is 1.35 bits per heavy atom. The molecule has 3 nitrogen and oxygen atoms in total. The summed E-state index contributed by atoms with van der Waals surface area (Å²) in [6, 6.07) is 1.49. The quantitative estimate of drug-likeness (QED) is 0.778. The Morgan fingerprint density at radius 2 is 2.15 bits per heavy atom. The van der Waals surface area contributed by atoms with E-state index in [2.05, 4.69) is 16.9 Å². The Morgan fingerprint density at radius 3 is 2.85 bits per heavy atom. The van der Waals surface area contributed by atoms with E-state index in [0.717, 1.165) is 31.6 Å². The molecule has 2 rings (SSSR count). The van der Waals surface area contributed by atoms with Crippen LogP contribution in [0.3, 0.4) is 0 Å². The molecular formula is C13H19BF3N2O-. The Labute approximate surface area is 117 Å². The summed E-state index contributed by atoms with van der Waals surface area (Å²) >= 11 is 0. The highest BCUT2D eigenvalue weighted by Gasteiger charge is 2.26. The summed E-state index contributed by atoms with van der Waals surface area (Å²) in [7, 11) is 2.08. The van der Waals surface area contributed by atoms with Crippen LogP contribution >= 0.6 is 0 Å². The van der Waals surface area contributed by atoms with Gasteiger partial charge in [0.15, 0.2) is 0 Å². The smallest absolute Gasteiger partial charge is 0.492 e. The van der Waals surface area contributed by atoms with Crippen molar-refractivity contribution in [1.29, 1.82) is 0 Å². The van der Waals surface area contributed by atoms with Crippen molar-refractivity contribution in [3.05, 3.63) is 18.5 Å². The van der Waals surface area contributed by atoms with E-state index in [1.807, 2.05) is 0 Å². The van der Waals surface area contributed by atoms with E-state index in [-0.39, 0.29) is 5.75 Å². The highest BCUT2D eigenvalue weighted by Crippen LogP contribution is 2.18. The zero-order valence-corrected chi connectivity index (χ0v) is 11.6. The van der Waals surface area contributed by atoms with Crippen LogP contribution in [0.5, 0.6) is 5.75 Å². The van der Waals surface area contributed by atoms with Crippen molar-refractivity contribution in [2.45, 2.75) is 31.7 Å². The number of hydrogen-bond donors (Lipinski definition) is 0. The first kappa shape index (κ1) is 15.2. The van der Waals surface area contributed by atoms with Crippen molar-refractivity contribution in [2.75, 3.05) is 20.2 Å². The maximum atomic E-state index is 12.6. The molecule has 1 unspecified atom stereocenters. The Hall–Kier alpha value is -1.24. The van der Waals surface area contributed by atoms with Gasteiger partial charge >= 0.3 is 6.98 Å². The van der Waals surface area contributed by atoms with E-state index < -0.39 is 12.4 Å². The molecule has 0 aliphatic carbocycles. The van der Waals surface area contributed by atoms with E-state index >= 15 is 0 Å². The van der Waals surface area contributed by atoms with Crippen molar-refractivity contribution in [2.24, 2.45) is 0 Å². The first-order chi connectivity index (χ1) is 9.47. The minimum Gasteiger partial charge on any atom is -0.492 e. The van der Waals surface area contributed by atoms with Crippen molar-refractivity contribution in [3.8, 4) is 5.75 Å². The maximum absolute atomic E-state index is 12.6. The summed E-state index contributed by atoms with van der Waals surface area (Å²) in [5.41, 5.74) is -0.711. The summed E-state index contributed by atoms with van der Waals surface area (Å²) < 4.78 is 43.2. The van der Waals surface area contributed by atoms with Gasteiger partial charge in [-0.1, -0.05) is 11.9 Å². The summed E-state index contributed by atoms with van der Waals surface area (Å²) in [5.74, 6) is 0.195. The van der Waals surface area contributed by atoms with E-state index in [4.69, 9.17) is 4.74 Å². The second-order valence-corrected chi connectivity index (χ2v) is 5.30. The zero-order valence-electron chi connectivity index (χ0n) is 11.6. The number of pyridine rings is 1. The largest absolute Gasteiger partial charge is 0.511 e. The normalized spacial score (nSPS) is 20.9. The predicted octanol–water partition coefficient (Wildman–Crippen LogP) is 2.39. The topological polar surface area (TPSA) is 25.4 Å². The van der Waals surface area contributed by atoms with Crippen molar-refractivity contribution >= 4 is 12.4 Å². The van der Waals surface area contributed by atoms with Gasteiger partial charge in [-0.3, -0.25) is 4.98 Å². The lowest BCUT2D eigenvalue weighted by atomic mass is 9.81. The molecular weight excluding hydrogens is 268 g/mol. The molecule has 2 heterocycles. The van der Waals surface area contributed by atoms with Crippen LogP contribution in [0.2, 0.25) is 0 Å². The van der Waals surface area contributed by atoms with E-state index in [1.165, 1.54) is 19.0 Å². The second-order valence-electron chi connectivity index (χ2n) is 5.30. The van der Waals surface area contributed by atoms with Gasteiger partial charge in [0.25, 0.3) is 0 Å². The highest BCUT2D eigenvalue weighted by molar-refractivity contribution is 6.73. The van der Waals surface area contributed by atoms with Crippen LogP contribution in [0.15, 0.2) is 18.5 Å². The molecule has 7 heteroatoms. The molecule has 1 atom stereocenters. The fourth-order valence-electron chi connectivity index (χ4n) is 2.52. The van der Waals surface area contributed by atoms with Gasteiger partial charge in [-0.2, -0.15) is 0 Å². The molecule has 0 aromatic carbocycles. The molecule has 0 amide bonds. The summed E-state index contributed by atoms with van der Waals surface area (Å²) in [5, 5.41) is 0. The van der Waals surface area contributed by atoms with E-state index in [1.54, 1.807) is 0 Å². The van der Waals surface area contributed by atoms with Gasteiger partial charge < -0.3 is 22.6 Å². The van der Waals surface area contributed by atoms with E-state index in [0.29, 0.717) is 12.6 Å².